The molecule has 2 rings (SSSR count). The molecule has 0 atom stereocenters. The minimum absolute atomic E-state index is 0.247. The van der Waals surface area contributed by atoms with E-state index in [0.717, 1.165) is 36.9 Å². The van der Waals surface area contributed by atoms with Gasteiger partial charge in [0.25, 0.3) is 0 Å². The molecule has 0 unspecified atom stereocenters. The molecule has 0 bridgehead atoms. The van der Waals surface area contributed by atoms with Gasteiger partial charge < -0.3 is 5.11 Å². The second-order valence-electron chi connectivity index (χ2n) is 3.41. The van der Waals surface area contributed by atoms with Crippen molar-refractivity contribution in [3.63, 3.8) is 0 Å². The summed E-state index contributed by atoms with van der Waals surface area (Å²) in [6.07, 6.45) is 4.06. The SMILES string of the molecule is Cn1nc(C(=O)O)c2c1CCCC2. The zero-order valence-electron chi connectivity index (χ0n) is 7.58. The summed E-state index contributed by atoms with van der Waals surface area (Å²) in [5.41, 5.74) is 2.29. The van der Waals surface area contributed by atoms with E-state index in [1.165, 1.54) is 0 Å². The average molecular weight is 180 g/mol. The van der Waals surface area contributed by atoms with Crippen LogP contribution in [-0.2, 0) is 19.9 Å². The summed E-state index contributed by atoms with van der Waals surface area (Å²) >= 11 is 0. The van der Waals surface area contributed by atoms with Gasteiger partial charge in [0.1, 0.15) is 0 Å². The highest BCUT2D eigenvalue weighted by atomic mass is 16.4. The number of carboxylic acids is 1. The summed E-state index contributed by atoms with van der Waals surface area (Å²) < 4.78 is 1.71. The van der Waals surface area contributed by atoms with Crippen molar-refractivity contribution >= 4 is 5.97 Å². The zero-order valence-corrected chi connectivity index (χ0v) is 7.58. The lowest BCUT2D eigenvalue weighted by Gasteiger charge is -2.11. The topological polar surface area (TPSA) is 55.1 Å². The van der Waals surface area contributed by atoms with Crippen LogP contribution in [0.2, 0.25) is 0 Å². The summed E-state index contributed by atoms with van der Waals surface area (Å²) in [4.78, 5) is 10.8. The lowest BCUT2D eigenvalue weighted by atomic mass is 9.96. The number of carbonyl (C=O) groups is 1. The van der Waals surface area contributed by atoms with Crippen LogP contribution in [0.1, 0.15) is 34.6 Å². The van der Waals surface area contributed by atoms with Crippen molar-refractivity contribution in [1.29, 1.82) is 0 Å². The van der Waals surface area contributed by atoms with Crippen molar-refractivity contribution in [1.82, 2.24) is 9.78 Å². The smallest absolute Gasteiger partial charge is 0.356 e. The fourth-order valence-electron chi connectivity index (χ4n) is 1.94. The van der Waals surface area contributed by atoms with E-state index >= 15 is 0 Å². The molecule has 0 spiro atoms. The van der Waals surface area contributed by atoms with Crippen molar-refractivity contribution in [2.75, 3.05) is 0 Å². The first-order valence-electron chi connectivity index (χ1n) is 4.48. The quantitative estimate of drug-likeness (QED) is 0.701. The zero-order chi connectivity index (χ0) is 9.42. The summed E-state index contributed by atoms with van der Waals surface area (Å²) in [6.45, 7) is 0. The van der Waals surface area contributed by atoms with Gasteiger partial charge in [0, 0.05) is 18.3 Å². The van der Waals surface area contributed by atoms with E-state index in [4.69, 9.17) is 5.11 Å². The Morgan fingerprint density at radius 1 is 1.46 bits per heavy atom. The molecule has 4 nitrogen and oxygen atoms in total. The van der Waals surface area contributed by atoms with E-state index in [-0.39, 0.29) is 5.69 Å². The molecule has 4 heteroatoms. The molecule has 1 aromatic heterocycles. The molecule has 1 N–H and O–H groups in total. The van der Waals surface area contributed by atoms with Crippen molar-refractivity contribution in [3.05, 3.63) is 17.0 Å². The summed E-state index contributed by atoms with van der Waals surface area (Å²) in [5, 5.41) is 12.9. The highest BCUT2D eigenvalue weighted by Gasteiger charge is 2.22. The molecule has 70 valence electrons. The third-order valence-corrected chi connectivity index (χ3v) is 2.57. The molecule has 1 heterocycles. The van der Waals surface area contributed by atoms with Crippen LogP contribution in [0.15, 0.2) is 0 Å². The Hall–Kier alpha value is -1.32. The lowest BCUT2D eigenvalue weighted by molar-refractivity contribution is 0.0688. The highest BCUT2D eigenvalue weighted by Crippen LogP contribution is 2.23. The molecule has 0 amide bonds. The maximum Gasteiger partial charge on any atom is 0.356 e. The van der Waals surface area contributed by atoms with Crippen LogP contribution in [0.25, 0.3) is 0 Å². The summed E-state index contributed by atoms with van der Waals surface area (Å²) in [6, 6.07) is 0. The number of rotatable bonds is 1. The van der Waals surface area contributed by atoms with Gasteiger partial charge in [0.2, 0.25) is 0 Å². The molecular weight excluding hydrogens is 168 g/mol. The number of aromatic nitrogens is 2. The number of carboxylic acid groups (broad SMARTS) is 1. The Balaban J connectivity index is 2.53. The standard InChI is InChI=1S/C9H12N2O2/c1-11-7-5-3-2-4-6(7)8(10-11)9(12)13/h2-5H2,1H3,(H,12,13). The maximum absolute atomic E-state index is 10.8. The van der Waals surface area contributed by atoms with Gasteiger partial charge in [0.15, 0.2) is 5.69 Å². The van der Waals surface area contributed by atoms with Crippen molar-refractivity contribution in [2.24, 2.45) is 7.05 Å². The van der Waals surface area contributed by atoms with Crippen LogP contribution in [0.5, 0.6) is 0 Å². The molecule has 1 aliphatic carbocycles. The highest BCUT2D eigenvalue weighted by molar-refractivity contribution is 5.87. The Bertz CT molecular complexity index is 355. The number of fused-ring (bicyclic) bond motifs is 1. The van der Waals surface area contributed by atoms with E-state index in [1.54, 1.807) is 4.68 Å². The minimum Gasteiger partial charge on any atom is -0.476 e. The van der Waals surface area contributed by atoms with E-state index in [1.807, 2.05) is 7.05 Å². The molecule has 1 aromatic rings. The largest absolute Gasteiger partial charge is 0.476 e. The molecule has 0 aromatic carbocycles. The van der Waals surface area contributed by atoms with Crippen molar-refractivity contribution in [3.8, 4) is 0 Å². The van der Waals surface area contributed by atoms with Gasteiger partial charge in [-0.1, -0.05) is 0 Å². The second kappa shape index (κ2) is 2.87. The number of hydrogen-bond donors (Lipinski definition) is 1. The van der Waals surface area contributed by atoms with Crippen molar-refractivity contribution < 1.29 is 9.90 Å². The first kappa shape index (κ1) is 8.29. The fourth-order valence-corrected chi connectivity index (χ4v) is 1.94. The summed E-state index contributed by atoms with van der Waals surface area (Å²) in [7, 11) is 1.82. The normalized spacial score (nSPS) is 15.5. The number of hydrogen-bond acceptors (Lipinski definition) is 2. The van der Waals surface area contributed by atoms with E-state index in [0.29, 0.717) is 0 Å². The molecule has 0 fully saturated rings. The molecule has 0 aliphatic heterocycles. The molecule has 13 heavy (non-hydrogen) atoms. The Kier molecular flexibility index (Phi) is 1.83. The van der Waals surface area contributed by atoms with Gasteiger partial charge in [-0.25, -0.2) is 4.79 Å². The third-order valence-electron chi connectivity index (χ3n) is 2.57. The van der Waals surface area contributed by atoms with Gasteiger partial charge in [-0.3, -0.25) is 4.68 Å². The van der Waals surface area contributed by atoms with Gasteiger partial charge in [-0.05, 0) is 25.7 Å². The fraction of sp³-hybridized carbons (Fsp3) is 0.556. The van der Waals surface area contributed by atoms with Gasteiger partial charge in [-0.2, -0.15) is 5.10 Å². The average Bonchev–Trinajstić information content (AvgIpc) is 2.45. The predicted molar refractivity (Wildman–Crippen MR) is 46.8 cm³/mol. The van der Waals surface area contributed by atoms with Crippen LogP contribution in [0.3, 0.4) is 0 Å². The first-order valence-corrected chi connectivity index (χ1v) is 4.48. The van der Waals surface area contributed by atoms with Crippen LogP contribution < -0.4 is 0 Å². The third kappa shape index (κ3) is 1.22. The Morgan fingerprint density at radius 3 is 2.85 bits per heavy atom. The van der Waals surface area contributed by atoms with E-state index < -0.39 is 5.97 Å². The molecule has 1 aliphatic rings. The maximum atomic E-state index is 10.8. The number of aryl methyl sites for hydroxylation is 1. The number of aromatic carboxylic acids is 1. The molecule has 0 radical (unpaired) electrons. The number of nitrogens with zero attached hydrogens (tertiary/aromatic N) is 2. The Labute approximate surface area is 76.2 Å². The second-order valence-corrected chi connectivity index (χ2v) is 3.41. The van der Waals surface area contributed by atoms with Crippen LogP contribution in [0.4, 0.5) is 0 Å². The van der Waals surface area contributed by atoms with Crippen LogP contribution in [-0.4, -0.2) is 20.9 Å². The van der Waals surface area contributed by atoms with Crippen molar-refractivity contribution in [2.45, 2.75) is 25.7 Å². The molecular formula is C9H12N2O2. The molecule has 0 saturated carbocycles. The monoisotopic (exact) mass is 180 g/mol. The Morgan fingerprint density at radius 2 is 2.15 bits per heavy atom. The predicted octanol–water partition coefficient (Wildman–Crippen LogP) is 0.997. The summed E-state index contributed by atoms with van der Waals surface area (Å²) in [5.74, 6) is -0.904. The lowest BCUT2D eigenvalue weighted by Crippen LogP contribution is -2.07. The molecule has 0 saturated heterocycles. The van der Waals surface area contributed by atoms with Crippen LogP contribution >= 0.6 is 0 Å². The van der Waals surface area contributed by atoms with Gasteiger partial charge >= 0.3 is 5.97 Å². The first-order chi connectivity index (χ1) is 6.20. The van der Waals surface area contributed by atoms with E-state index in [9.17, 15) is 4.79 Å². The van der Waals surface area contributed by atoms with Gasteiger partial charge in [-0.15, -0.1) is 0 Å². The van der Waals surface area contributed by atoms with Crippen LogP contribution in [0, 0.1) is 0 Å². The van der Waals surface area contributed by atoms with Gasteiger partial charge in [0.05, 0.1) is 0 Å². The van der Waals surface area contributed by atoms with E-state index in [2.05, 4.69) is 5.10 Å². The minimum atomic E-state index is -0.904.